The van der Waals surface area contributed by atoms with E-state index < -0.39 is 17.7 Å². The highest BCUT2D eigenvalue weighted by Gasteiger charge is 2.48. The maximum Gasteiger partial charge on any atom is 0.301 e. The van der Waals surface area contributed by atoms with E-state index >= 15 is 0 Å². The molecule has 1 amide bonds. The van der Waals surface area contributed by atoms with Crippen molar-refractivity contribution in [2.45, 2.75) is 13.0 Å². The van der Waals surface area contributed by atoms with Gasteiger partial charge in [-0.05, 0) is 36.6 Å². The number of aryl methyl sites for hydroxylation is 1. The number of benzene rings is 1. The van der Waals surface area contributed by atoms with E-state index in [1.54, 1.807) is 25.1 Å². The number of hydrogen-bond acceptors (Lipinski definition) is 9. The average molecular weight is 441 g/mol. The van der Waals surface area contributed by atoms with Crippen molar-refractivity contribution in [2.75, 3.05) is 18.1 Å². The quantitative estimate of drug-likeness (QED) is 0.378. The van der Waals surface area contributed by atoms with Gasteiger partial charge in [0, 0.05) is 10.4 Å². The summed E-state index contributed by atoms with van der Waals surface area (Å²) in [6.07, 6.45) is 0. The largest absolute Gasteiger partial charge is 0.507 e. The lowest BCUT2D eigenvalue weighted by molar-refractivity contribution is -0.132. The van der Waals surface area contributed by atoms with Crippen LogP contribution in [-0.4, -0.2) is 40.2 Å². The number of thiophene rings is 1. The standard InChI is InChI=1S/C20H15N3O5S2/c1-10-21-22-20(30-10)23-16(14-3-2-8-29-14)15(18(25)19(23)26)17(24)11-4-5-12-13(9-11)28-7-6-27-12/h2-5,8-9,16,24H,6-7H2,1H3/b17-15-. The predicted molar refractivity (Wildman–Crippen MR) is 111 cm³/mol. The minimum Gasteiger partial charge on any atom is -0.507 e. The molecule has 1 N–H and O–H groups in total. The van der Waals surface area contributed by atoms with Crippen LogP contribution in [0.15, 0.2) is 41.3 Å². The Morgan fingerprint density at radius 3 is 2.67 bits per heavy atom. The van der Waals surface area contributed by atoms with Gasteiger partial charge in [0.2, 0.25) is 5.13 Å². The van der Waals surface area contributed by atoms with Gasteiger partial charge in [0.1, 0.15) is 30.0 Å². The molecule has 1 unspecified atom stereocenters. The number of anilines is 1. The number of aliphatic hydroxyl groups is 1. The van der Waals surface area contributed by atoms with Crippen LogP contribution >= 0.6 is 22.7 Å². The van der Waals surface area contributed by atoms with E-state index in [0.29, 0.717) is 40.4 Å². The van der Waals surface area contributed by atoms with Gasteiger partial charge in [-0.3, -0.25) is 14.5 Å². The second kappa shape index (κ2) is 7.22. The van der Waals surface area contributed by atoms with Crippen molar-refractivity contribution in [1.29, 1.82) is 0 Å². The molecule has 1 fully saturated rings. The molecule has 1 aromatic carbocycles. The molecule has 1 saturated heterocycles. The molecule has 0 radical (unpaired) electrons. The highest BCUT2D eigenvalue weighted by molar-refractivity contribution is 7.15. The first-order chi connectivity index (χ1) is 14.5. The SMILES string of the molecule is Cc1nnc(N2C(=O)C(=O)/C(=C(\O)c3ccc4c(c3)OCCO4)C2c2cccs2)s1. The lowest BCUT2D eigenvalue weighted by Crippen LogP contribution is -2.29. The Hall–Kier alpha value is -3.24. The summed E-state index contributed by atoms with van der Waals surface area (Å²) in [6, 6.07) is 7.78. The van der Waals surface area contributed by atoms with E-state index in [1.165, 1.54) is 27.6 Å². The summed E-state index contributed by atoms with van der Waals surface area (Å²) in [6.45, 7) is 2.61. The Morgan fingerprint density at radius 1 is 1.17 bits per heavy atom. The average Bonchev–Trinajstić information content (AvgIpc) is 3.48. The molecule has 3 aromatic rings. The number of aromatic nitrogens is 2. The maximum absolute atomic E-state index is 13.0. The Bertz CT molecular complexity index is 1190. The monoisotopic (exact) mass is 441 g/mol. The highest BCUT2D eigenvalue weighted by Crippen LogP contribution is 2.44. The summed E-state index contributed by atoms with van der Waals surface area (Å²) in [4.78, 5) is 28.0. The van der Waals surface area contributed by atoms with Crippen LogP contribution in [0.5, 0.6) is 11.5 Å². The molecule has 2 aliphatic rings. The zero-order chi connectivity index (χ0) is 20.8. The van der Waals surface area contributed by atoms with Gasteiger partial charge in [0.05, 0.1) is 5.57 Å². The van der Waals surface area contributed by atoms with Gasteiger partial charge >= 0.3 is 5.91 Å². The van der Waals surface area contributed by atoms with Gasteiger partial charge in [0.15, 0.2) is 11.5 Å². The van der Waals surface area contributed by atoms with Gasteiger partial charge in [-0.1, -0.05) is 17.4 Å². The van der Waals surface area contributed by atoms with Crippen molar-refractivity contribution in [3.05, 3.63) is 56.7 Å². The number of nitrogens with zero attached hydrogens (tertiary/aromatic N) is 3. The molecular weight excluding hydrogens is 426 g/mol. The Labute approximate surface area is 179 Å². The smallest absolute Gasteiger partial charge is 0.301 e. The fourth-order valence-corrected chi connectivity index (χ4v) is 5.01. The topological polar surface area (TPSA) is 102 Å². The molecule has 1 atom stereocenters. The maximum atomic E-state index is 13.0. The summed E-state index contributed by atoms with van der Waals surface area (Å²) in [5.41, 5.74) is 0.374. The number of hydrogen-bond donors (Lipinski definition) is 1. The van der Waals surface area contributed by atoms with Gasteiger partial charge in [-0.25, -0.2) is 0 Å². The van der Waals surface area contributed by atoms with E-state index in [9.17, 15) is 14.7 Å². The van der Waals surface area contributed by atoms with Crippen molar-refractivity contribution in [3.8, 4) is 11.5 Å². The van der Waals surface area contributed by atoms with Crippen LogP contribution in [0.1, 0.15) is 21.5 Å². The molecule has 2 aliphatic heterocycles. The summed E-state index contributed by atoms with van der Waals surface area (Å²) >= 11 is 2.60. The van der Waals surface area contributed by atoms with Crippen molar-refractivity contribution in [3.63, 3.8) is 0 Å². The third-order valence-corrected chi connectivity index (χ3v) is 6.56. The van der Waals surface area contributed by atoms with Crippen LogP contribution < -0.4 is 14.4 Å². The number of fused-ring (bicyclic) bond motifs is 1. The third-order valence-electron chi connectivity index (χ3n) is 4.79. The number of Topliss-reactive ketones (excluding diaryl/α,β-unsaturated/α-hetero) is 1. The lowest BCUT2D eigenvalue weighted by Gasteiger charge is -2.21. The molecule has 0 aliphatic carbocycles. The number of aliphatic hydroxyl groups excluding tert-OH is 1. The number of carbonyl (C=O) groups is 2. The van der Waals surface area contributed by atoms with E-state index in [4.69, 9.17) is 9.47 Å². The molecule has 5 rings (SSSR count). The molecule has 30 heavy (non-hydrogen) atoms. The van der Waals surface area contributed by atoms with Gasteiger partial charge in [-0.2, -0.15) is 0 Å². The Morgan fingerprint density at radius 2 is 1.97 bits per heavy atom. The molecule has 10 heteroatoms. The molecule has 0 saturated carbocycles. The molecule has 4 heterocycles. The number of amides is 1. The Kier molecular flexibility index (Phi) is 4.52. The first kappa shape index (κ1) is 18.8. The molecule has 0 spiro atoms. The first-order valence-electron chi connectivity index (χ1n) is 9.09. The number of rotatable bonds is 3. The highest BCUT2D eigenvalue weighted by atomic mass is 32.1. The van der Waals surface area contributed by atoms with Gasteiger partial charge in [-0.15, -0.1) is 21.5 Å². The zero-order valence-electron chi connectivity index (χ0n) is 15.7. The van der Waals surface area contributed by atoms with E-state index in [-0.39, 0.29) is 11.3 Å². The third kappa shape index (κ3) is 2.96. The van der Waals surface area contributed by atoms with Crippen LogP contribution in [0, 0.1) is 6.92 Å². The van der Waals surface area contributed by atoms with Gasteiger partial charge < -0.3 is 14.6 Å². The van der Waals surface area contributed by atoms with Crippen LogP contribution in [0.2, 0.25) is 0 Å². The molecule has 0 bridgehead atoms. The van der Waals surface area contributed by atoms with Crippen molar-refractivity contribution in [2.24, 2.45) is 0 Å². The van der Waals surface area contributed by atoms with Crippen molar-refractivity contribution in [1.82, 2.24) is 10.2 Å². The minimum atomic E-state index is -0.787. The Balaban J connectivity index is 1.67. The first-order valence-corrected chi connectivity index (χ1v) is 10.8. The number of ketones is 1. The van der Waals surface area contributed by atoms with Gasteiger partial charge in [0.25, 0.3) is 5.78 Å². The minimum absolute atomic E-state index is 0.00646. The van der Waals surface area contributed by atoms with E-state index in [2.05, 4.69) is 10.2 Å². The summed E-state index contributed by atoms with van der Waals surface area (Å²) in [7, 11) is 0. The normalized spacial score (nSPS) is 20.0. The fraction of sp³-hybridized carbons (Fsp3) is 0.200. The molecular formula is C20H15N3O5S2. The molecule has 152 valence electrons. The second-order valence-electron chi connectivity index (χ2n) is 6.65. The summed E-state index contributed by atoms with van der Waals surface area (Å²) in [5, 5.41) is 22.0. The van der Waals surface area contributed by atoms with Crippen LogP contribution in [0.4, 0.5) is 5.13 Å². The molecule has 8 nitrogen and oxygen atoms in total. The van der Waals surface area contributed by atoms with Crippen LogP contribution in [-0.2, 0) is 9.59 Å². The molecule has 2 aromatic heterocycles. The fourth-order valence-electron chi connectivity index (χ4n) is 3.48. The number of ether oxygens (including phenoxy) is 2. The lowest BCUT2D eigenvalue weighted by atomic mass is 9.99. The van der Waals surface area contributed by atoms with E-state index in [1.807, 2.05) is 17.5 Å². The summed E-state index contributed by atoms with van der Waals surface area (Å²) in [5.74, 6) is -0.742. The van der Waals surface area contributed by atoms with Crippen LogP contribution in [0.3, 0.4) is 0 Å². The van der Waals surface area contributed by atoms with Crippen molar-refractivity contribution >= 4 is 45.3 Å². The zero-order valence-corrected chi connectivity index (χ0v) is 17.3. The second-order valence-corrected chi connectivity index (χ2v) is 8.79. The predicted octanol–water partition coefficient (Wildman–Crippen LogP) is 3.31. The summed E-state index contributed by atoms with van der Waals surface area (Å²) < 4.78 is 11.1. The van der Waals surface area contributed by atoms with Crippen LogP contribution in [0.25, 0.3) is 5.76 Å². The van der Waals surface area contributed by atoms with E-state index in [0.717, 1.165) is 4.88 Å². The van der Waals surface area contributed by atoms with Crippen molar-refractivity contribution < 1.29 is 24.2 Å². The number of carbonyl (C=O) groups excluding carboxylic acids is 2.